The van der Waals surface area contributed by atoms with Crippen molar-refractivity contribution in [3.05, 3.63) is 63.7 Å². The smallest absolute Gasteiger partial charge is 0.330 e. The highest BCUT2D eigenvalue weighted by atomic mass is 16.7. The number of ketones is 2. The molecule has 0 radical (unpaired) electrons. The van der Waals surface area contributed by atoms with Crippen LogP contribution in [0.4, 0.5) is 0 Å². The van der Waals surface area contributed by atoms with Gasteiger partial charge in [-0.3, -0.25) is 14.5 Å². The molecule has 3 aliphatic heterocycles. The average Bonchev–Trinajstić information content (AvgIpc) is 3.49. The zero-order valence-corrected chi connectivity index (χ0v) is 27.9. The summed E-state index contributed by atoms with van der Waals surface area (Å²) in [6.07, 6.45) is -4.40. The zero-order valence-electron chi connectivity index (χ0n) is 27.9. The van der Waals surface area contributed by atoms with E-state index in [0.717, 1.165) is 19.3 Å². The number of hydrogen-bond acceptors (Lipinski definition) is 15. The molecule has 2 aromatic rings. The van der Waals surface area contributed by atoms with Gasteiger partial charge in [0.05, 0.1) is 49.7 Å². The monoisotopic (exact) mass is 697 g/mol. The Morgan fingerprint density at radius 2 is 1.84 bits per heavy atom. The SMILES string of the molecule is COC(=O)/C=C/C(O)[C@]1(O)Cc2c(O)c3c(c(O)c2[C@@H](O[C@H]2C[C@H]4[C@H](O[C@@H]5[C@@H](OC)OCCN54)[C@H](C)O2)C1)C(=O)c1c(OC)cccc1C3=O. The van der Waals surface area contributed by atoms with E-state index in [9.17, 15) is 34.8 Å². The lowest BCUT2D eigenvalue weighted by atomic mass is 9.71. The first-order valence-electron chi connectivity index (χ1n) is 16.3. The van der Waals surface area contributed by atoms with E-state index in [4.69, 9.17) is 28.4 Å². The fourth-order valence-electron chi connectivity index (χ4n) is 8.00. The van der Waals surface area contributed by atoms with Crippen LogP contribution in [-0.4, -0.2) is 126 Å². The number of phenols is 2. The average molecular weight is 698 g/mol. The number of carbonyl (C=O) groups excluding carboxylic acids is 3. The first-order valence-corrected chi connectivity index (χ1v) is 16.3. The van der Waals surface area contributed by atoms with Gasteiger partial charge >= 0.3 is 5.97 Å². The molecule has 15 nitrogen and oxygen atoms in total. The maximum Gasteiger partial charge on any atom is 0.330 e. The highest BCUT2D eigenvalue weighted by molar-refractivity contribution is 6.31. The summed E-state index contributed by atoms with van der Waals surface area (Å²) in [5.74, 6) is -3.42. The van der Waals surface area contributed by atoms with Crippen LogP contribution in [0.15, 0.2) is 30.4 Å². The zero-order chi connectivity index (χ0) is 35.6. The second-order valence-electron chi connectivity index (χ2n) is 13.1. The quantitative estimate of drug-likeness (QED) is 0.156. The van der Waals surface area contributed by atoms with Crippen molar-refractivity contribution in [3.8, 4) is 17.2 Å². The van der Waals surface area contributed by atoms with Crippen LogP contribution in [0.2, 0.25) is 0 Å². The van der Waals surface area contributed by atoms with Crippen LogP contribution >= 0.6 is 0 Å². The molecule has 2 aliphatic carbocycles. The summed E-state index contributed by atoms with van der Waals surface area (Å²) in [5, 5.41) is 46.8. The van der Waals surface area contributed by atoms with Crippen molar-refractivity contribution in [2.45, 2.75) is 81.1 Å². The fourth-order valence-corrected chi connectivity index (χ4v) is 8.00. The van der Waals surface area contributed by atoms with Crippen molar-refractivity contribution in [2.75, 3.05) is 34.5 Å². The number of methoxy groups -OCH3 is 3. The molecule has 15 heteroatoms. The number of hydrogen-bond donors (Lipinski definition) is 4. The van der Waals surface area contributed by atoms with Gasteiger partial charge in [0.2, 0.25) is 5.78 Å². The minimum absolute atomic E-state index is 0.0357. The molecule has 5 aliphatic rings. The molecule has 0 bridgehead atoms. The predicted octanol–water partition coefficient (Wildman–Crippen LogP) is 1.24. The molecule has 1 unspecified atom stereocenters. The molecule has 0 spiro atoms. The summed E-state index contributed by atoms with van der Waals surface area (Å²) in [4.78, 5) is 41.8. The highest BCUT2D eigenvalue weighted by Gasteiger charge is 2.55. The number of rotatable bonds is 7. The maximum atomic E-state index is 14.0. The van der Waals surface area contributed by atoms with Crippen molar-refractivity contribution in [1.29, 1.82) is 0 Å². The number of aromatic hydroxyl groups is 2. The second-order valence-corrected chi connectivity index (χ2v) is 13.1. The van der Waals surface area contributed by atoms with Crippen LogP contribution in [0, 0.1) is 0 Å². The van der Waals surface area contributed by atoms with Gasteiger partial charge in [-0.05, 0) is 19.1 Å². The van der Waals surface area contributed by atoms with Crippen LogP contribution in [0.25, 0.3) is 0 Å². The molecular weight excluding hydrogens is 658 g/mol. The second kappa shape index (κ2) is 13.0. The Kier molecular flexibility index (Phi) is 8.97. The van der Waals surface area contributed by atoms with E-state index in [1.807, 2.05) is 6.92 Å². The summed E-state index contributed by atoms with van der Waals surface area (Å²) < 4.78 is 40.3. The van der Waals surface area contributed by atoms with E-state index in [1.165, 1.54) is 32.4 Å². The third-order valence-electron chi connectivity index (χ3n) is 10.4. The number of phenolic OH excluding ortho intramolecular Hbond substituents is 2. The van der Waals surface area contributed by atoms with Crippen molar-refractivity contribution < 1.29 is 68.0 Å². The molecular formula is C35H39NO14. The molecule has 9 atom stereocenters. The molecule has 50 heavy (non-hydrogen) atoms. The van der Waals surface area contributed by atoms with Crippen LogP contribution in [0.5, 0.6) is 17.2 Å². The lowest BCUT2D eigenvalue weighted by Gasteiger charge is -2.44. The van der Waals surface area contributed by atoms with Crippen LogP contribution in [0.3, 0.4) is 0 Å². The Hall–Kier alpha value is -3.93. The number of carbonyl (C=O) groups is 3. The van der Waals surface area contributed by atoms with Crippen molar-refractivity contribution in [3.63, 3.8) is 0 Å². The van der Waals surface area contributed by atoms with Gasteiger partial charge in [-0.25, -0.2) is 4.79 Å². The van der Waals surface area contributed by atoms with Crippen LogP contribution in [-0.2, 0) is 39.6 Å². The molecule has 7 rings (SSSR count). The van der Waals surface area contributed by atoms with Crippen LogP contribution < -0.4 is 4.74 Å². The number of esters is 1. The minimum atomic E-state index is -2.09. The third kappa shape index (κ3) is 5.40. The van der Waals surface area contributed by atoms with Gasteiger partial charge in [0.25, 0.3) is 0 Å². The Labute approximate surface area is 286 Å². The van der Waals surface area contributed by atoms with E-state index in [2.05, 4.69) is 9.64 Å². The first kappa shape index (κ1) is 34.5. The first-order chi connectivity index (χ1) is 23.9. The number of nitrogens with zero attached hydrogens (tertiary/aromatic N) is 1. The number of fused-ring (bicyclic) bond motifs is 6. The summed E-state index contributed by atoms with van der Waals surface area (Å²) >= 11 is 0. The van der Waals surface area contributed by atoms with Crippen molar-refractivity contribution >= 4 is 17.5 Å². The summed E-state index contributed by atoms with van der Waals surface area (Å²) in [6, 6.07) is 4.26. The summed E-state index contributed by atoms with van der Waals surface area (Å²) in [5.41, 5.74) is -3.23. The molecule has 4 N–H and O–H groups in total. The molecule has 268 valence electrons. The lowest BCUT2D eigenvalue weighted by molar-refractivity contribution is -0.257. The van der Waals surface area contributed by atoms with E-state index in [0.29, 0.717) is 13.2 Å². The van der Waals surface area contributed by atoms with Gasteiger partial charge in [0, 0.05) is 61.7 Å². The number of ether oxygens (including phenoxy) is 7. The number of morpholine rings is 1. The third-order valence-corrected chi connectivity index (χ3v) is 10.4. The topological polar surface area (TPSA) is 200 Å². The van der Waals surface area contributed by atoms with E-state index in [-0.39, 0.29) is 53.0 Å². The van der Waals surface area contributed by atoms with Gasteiger partial charge in [-0.2, -0.15) is 0 Å². The molecule has 3 saturated heterocycles. The predicted molar refractivity (Wildman–Crippen MR) is 169 cm³/mol. The highest BCUT2D eigenvalue weighted by Crippen LogP contribution is 2.53. The maximum absolute atomic E-state index is 14.0. The molecule has 2 aromatic carbocycles. The molecule has 3 fully saturated rings. The van der Waals surface area contributed by atoms with Crippen molar-refractivity contribution in [2.24, 2.45) is 0 Å². The number of aliphatic hydroxyl groups excluding tert-OH is 1. The van der Waals surface area contributed by atoms with Crippen LogP contribution in [0.1, 0.15) is 68.8 Å². The normalized spacial score (nSPS) is 32.5. The number of benzene rings is 2. The Bertz CT molecular complexity index is 1760. The van der Waals surface area contributed by atoms with Crippen molar-refractivity contribution in [1.82, 2.24) is 4.90 Å². The Morgan fingerprint density at radius 3 is 2.56 bits per heavy atom. The Morgan fingerprint density at radius 1 is 1.08 bits per heavy atom. The largest absolute Gasteiger partial charge is 0.507 e. The summed E-state index contributed by atoms with van der Waals surface area (Å²) in [7, 11) is 4.04. The molecule has 0 saturated carbocycles. The lowest BCUT2D eigenvalue weighted by Crippen LogP contribution is -2.55. The van der Waals surface area contributed by atoms with E-state index in [1.54, 1.807) is 0 Å². The Balaban J connectivity index is 1.30. The molecule has 0 amide bonds. The summed E-state index contributed by atoms with van der Waals surface area (Å²) in [6.45, 7) is 2.81. The number of aliphatic hydroxyl groups is 2. The molecule has 0 aromatic heterocycles. The van der Waals surface area contributed by atoms with Gasteiger partial charge in [-0.15, -0.1) is 0 Å². The standard InChI is InChI=1S/C35H39NO14/c1-15-32-18(36-10-11-47-34(46-4)33(36)50-32)12-23(48-15)49-20-14-35(43,21(37)8-9-22(38)45-3)13-17-25(20)31(42)27-26(29(17)40)28(39)16-6-5-7-19(44-2)24(16)30(27)41/h5-9,15,18,20-21,23,32-34,37,40,42-43H,10-14H2,1-4H3/b9-8+/t15-,18-,20-,21?,23-,32+,33+,34-,35-/m0/s1. The van der Waals surface area contributed by atoms with Gasteiger partial charge < -0.3 is 53.6 Å². The van der Waals surface area contributed by atoms with E-state index < -0.39 is 89.3 Å². The minimum Gasteiger partial charge on any atom is -0.507 e. The van der Waals surface area contributed by atoms with Gasteiger partial charge in [0.15, 0.2) is 24.6 Å². The van der Waals surface area contributed by atoms with E-state index >= 15 is 0 Å². The fraction of sp³-hybridized carbons (Fsp3) is 0.514. The molecule has 3 heterocycles. The van der Waals surface area contributed by atoms with Gasteiger partial charge in [-0.1, -0.05) is 12.1 Å². The van der Waals surface area contributed by atoms with Gasteiger partial charge in [0.1, 0.15) is 35.1 Å².